The molecule has 3 rings (SSSR count). The molecule has 1 aromatic rings. The van der Waals surface area contributed by atoms with E-state index in [4.69, 9.17) is 0 Å². The summed E-state index contributed by atoms with van der Waals surface area (Å²) in [5.41, 5.74) is -0.827. The van der Waals surface area contributed by atoms with E-state index in [9.17, 15) is 13.9 Å². The van der Waals surface area contributed by atoms with Gasteiger partial charge >= 0.3 is 0 Å². The van der Waals surface area contributed by atoms with Gasteiger partial charge in [0.1, 0.15) is 5.60 Å². The number of halogens is 2. The molecular weight excluding hydrogens is 248 g/mol. The van der Waals surface area contributed by atoms with Gasteiger partial charge in [-0.05, 0) is 38.3 Å². The quantitative estimate of drug-likeness (QED) is 0.845. The Morgan fingerprint density at radius 2 is 2.00 bits per heavy atom. The molecule has 2 atom stereocenters. The summed E-state index contributed by atoms with van der Waals surface area (Å²) in [4.78, 5) is 2.21. The SMILES string of the molecule is Cc1ccc(C2(O)CCN3CCCCC32)c(F)c1F. The highest BCUT2D eigenvalue weighted by Crippen LogP contribution is 2.43. The third-order valence-electron chi connectivity index (χ3n) is 4.69. The van der Waals surface area contributed by atoms with Gasteiger partial charge in [0.15, 0.2) is 11.6 Å². The van der Waals surface area contributed by atoms with Crippen LogP contribution < -0.4 is 0 Å². The van der Waals surface area contributed by atoms with Crippen LogP contribution in [-0.2, 0) is 5.60 Å². The van der Waals surface area contributed by atoms with E-state index in [0.717, 1.165) is 32.4 Å². The molecule has 0 amide bonds. The average molecular weight is 267 g/mol. The summed E-state index contributed by atoms with van der Waals surface area (Å²) in [5.74, 6) is -1.71. The van der Waals surface area contributed by atoms with Crippen LogP contribution in [0.1, 0.15) is 36.8 Å². The molecule has 0 spiro atoms. The number of benzene rings is 1. The van der Waals surface area contributed by atoms with Gasteiger partial charge in [-0.1, -0.05) is 18.6 Å². The number of hydrogen-bond acceptors (Lipinski definition) is 2. The molecule has 2 nitrogen and oxygen atoms in total. The zero-order chi connectivity index (χ0) is 13.6. The summed E-state index contributed by atoms with van der Waals surface area (Å²) in [6.45, 7) is 3.24. The molecule has 2 fully saturated rings. The number of aliphatic hydroxyl groups is 1. The molecule has 1 N–H and O–H groups in total. The Labute approximate surface area is 112 Å². The minimum Gasteiger partial charge on any atom is -0.383 e. The highest BCUT2D eigenvalue weighted by molar-refractivity contribution is 5.32. The van der Waals surface area contributed by atoms with Crippen LogP contribution in [0.2, 0.25) is 0 Å². The number of rotatable bonds is 1. The van der Waals surface area contributed by atoms with Crippen molar-refractivity contribution in [2.24, 2.45) is 0 Å². The highest BCUT2D eigenvalue weighted by Gasteiger charge is 2.49. The first-order valence-corrected chi connectivity index (χ1v) is 6.95. The van der Waals surface area contributed by atoms with Crippen LogP contribution in [0, 0.1) is 18.6 Å². The molecule has 2 aliphatic heterocycles. The molecule has 2 heterocycles. The molecule has 2 aliphatic rings. The lowest BCUT2D eigenvalue weighted by Crippen LogP contribution is -2.45. The van der Waals surface area contributed by atoms with Crippen molar-refractivity contribution < 1.29 is 13.9 Å². The van der Waals surface area contributed by atoms with Gasteiger partial charge in [-0.25, -0.2) is 8.78 Å². The summed E-state index contributed by atoms with van der Waals surface area (Å²) in [5, 5.41) is 10.9. The lowest BCUT2D eigenvalue weighted by molar-refractivity contribution is -0.0169. The fourth-order valence-electron chi connectivity index (χ4n) is 3.57. The Morgan fingerprint density at radius 1 is 1.21 bits per heavy atom. The van der Waals surface area contributed by atoms with E-state index in [1.54, 1.807) is 12.1 Å². The third kappa shape index (κ3) is 1.89. The molecule has 4 heteroatoms. The van der Waals surface area contributed by atoms with Crippen LogP contribution in [0.4, 0.5) is 8.78 Å². The van der Waals surface area contributed by atoms with Gasteiger partial charge in [-0.2, -0.15) is 0 Å². The molecule has 0 aromatic heterocycles. The summed E-state index contributed by atoms with van der Waals surface area (Å²) in [6, 6.07) is 3.03. The maximum absolute atomic E-state index is 14.2. The minimum absolute atomic E-state index is 0.0714. The molecule has 19 heavy (non-hydrogen) atoms. The van der Waals surface area contributed by atoms with Crippen molar-refractivity contribution in [1.29, 1.82) is 0 Å². The van der Waals surface area contributed by atoms with Crippen LogP contribution in [-0.4, -0.2) is 29.1 Å². The minimum atomic E-state index is -1.24. The second kappa shape index (κ2) is 4.53. The van der Waals surface area contributed by atoms with Crippen molar-refractivity contribution in [2.75, 3.05) is 13.1 Å². The van der Waals surface area contributed by atoms with E-state index in [0.29, 0.717) is 6.42 Å². The number of nitrogens with zero attached hydrogens (tertiary/aromatic N) is 1. The Kier molecular flexibility index (Phi) is 3.10. The van der Waals surface area contributed by atoms with E-state index in [1.807, 2.05) is 0 Å². The van der Waals surface area contributed by atoms with E-state index in [2.05, 4.69) is 4.90 Å². The van der Waals surface area contributed by atoms with E-state index >= 15 is 0 Å². The predicted molar refractivity (Wildman–Crippen MR) is 68.8 cm³/mol. The van der Waals surface area contributed by atoms with Crippen LogP contribution >= 0.6 is 0 Å². The summed E-state index contributed by atoms with van der Waals surface area (Å²) in [7, 11) is 0. The Morgan fingerprint density at radius 3 is 2.79 bits per heavy atom. The van der Waals surface area contributed by atoms with Gasteiger partial charge in [0.05, 0.1) is 0 Å². The normalized spacial score (nSPS) is 31.5. The lowest BCUT2D eigenvalue weighted by atomic mass is 9.82. The van der Waals surface area contributed by atoms with Gasteiger partial charge < -0.3 is 5.11 Å². The van der Waals surface area contributed by atoms with E-state index < -0.39 is 17.2 Å². The Bertz CT molecular complexity index is 505. The summed E-state index contributed by atoms with van der Waals surface area (Å²) < 4.78 is 27.9. The average Bonchev–Trinajstić information content (AvgIpc) is 2.75. The first kappa shape index (κ1) is 13.0. The van der Waals surface area contributed by atoms with Gasteiger partial charge in [-0.3, -0.25) is 4.90 Å². The highest BCUT2D eigenvalue weighted by atomic mass is 19.2. The molecule has 0 saturated carbocycles. The fraction of sp³-hybridized carbons (Fsp3) is 0.600. The molecule has 2 unspecified atom stereocenters. The zero-order valence-electron chi connectivity index (χ0n) is 11.1. The van der Waals surface area contributed by atoms with Crippen LogP contribution in [0.15, 0.2) is 12.1 Å². The first-order chi connectivity index (χ1) is 9.04. The molecule has 0 radical (unpaired) electrons. The molecule has 1 aromatic carbocycles. The van der Waals surface area contributed by atoms with Crippen LogP contribution in [0.3, 0.4) is 0 Å². The lowest BCUT2D eigenvalue weighted by Gasteiger charge is -2.37. The van der Waals surface area contributed by atoms with Gasteiger partial charge in [0.25, 0.3) is 0 Å². The van der Waals surface area contributed by atoms with Crippen molar-refractivity contribution in [1.82, 2.24) is 4.90 Å². The number of aryl methyl sites for hydroxylation is 1. The smallest absolute Gasteiger partial charge is 0.165 e. The summed E-state index contributed by atoms with van der Waals surface area (Å²) in [6.07, 6.45) is 3.50. The van der Waals surface area contributed by atoms with Gasteiger partial charge in [-0.15, -0.1) is 0 Å². The fourth-order valence-corrected chi connectivity index (χ4v) is 3.57. The molecule has 2 saturated heterocycles. The number of fused-ring (bicyclic) bond motifs is 1. The first-order valence-electron chi connectivity index (χ1n) is 6.95. The Balaban J connectivity index is 2.03. The second-order valence-electron chi connectivity index (χ2n) is 5.78. The van der Waals surface area contributed by atoms with Crippen LogP contribution in [0.25, 0.3) is 0 Å². The van der Waals surface area contributed by atoms with Crippen molar-refractivity contribution in [3.63, 3.8) is 0 Å². The van der Waals surface area contributed by atoms with Gasteiger partial charge in [0, 0.05) is 18.2 Å². The van der Waals surface area contributed by atoms with E-state index in [1.165, 1.54) is 6.92 Å². The Hall–Kier alpha value is -1.00. The zero-order valence-corrected chi connectivity index (χ0v) is 11.1. The van der Waals surface area contributed by atoms with Gasteiger partial charge in [0.2, 0.25) is 0 Å². The summed E-state index contributed by atoms with van der Waals surface area (Å²) >= 11 is 0. The van der Waals surface area contributed by atoms with Crippen molar-refractivity contribution >= 4 is 0 Å². The number of piperidine rings is 1. The molecule has 0 aliphatic carbocycles. The molecular formula is C15H19F2NO. The second-order valence-corrected chi connectivity index (χ2v) is 5.78. The standard InChI is InChI=1S/C15H19F2NO/c1-10-5-6-11(14(17)13(10)16)15(19)7-9-18-8-3-2-4-12(15)18/h5-6,12,19H,2-4,7-9H2,1H3. The maximum Gasteiger partial charge on any atom is 0.165 e. The third-order valence-corrected chi connectivity index (χ3v) is 4.69. The number of hydrogen-bond donors (Lipinski definition) is 1. The monoisotopic (exact) mass is 267 g/mol. The van der Waals surface area contributed by atoms with Crippen molar-refractivity contribution in [2.45, 2.75) is 44.2 Å². The topological polar surface area (TPSA) is 23.5 Å². The maximum atomic E-state index is 14.2. The largest absolute Gasteiger partial charge is 0.383 e. The molecule has 0 bridgehead atoms. The van der Waals surface area contributed by atoms with Crippen molar-refractivity contribution in [3.05, 3.63) is 34.9 Å². The van der Waals surface area contributed by atoms with E-state index in [-0.39, 0.29) is 17.2 Å². The molecule has 104 valence electrons. The predicted octanol–water partition coefficient (Wildman–Crippen LogP) is 2.72. The van der Waals surface area contributed by atoms with Crippen LogP contribution in [0.5, 0.6) is 0 Å². The van der Waals surface area contributed by atoms with Crippen molar-refractivity contribution in [3.8, 4) is 0 Å².